The maximum Gasteiger partial charge on any atom is 0.586 e. The van der Waals surface area contributed by atoms with Gasteiger partial charge in [0.2, 0.25) is 5.91 Å². The second kappa shape index (κ2) is 10.1. The van der Waals surface area contributed by atoms with E-state index >= 15 is 0 Å². The van der Waals surface area contributed by atoms with E-state index in [0.717, 1.165) is 10.2 Å². The summed E-state index contributed by atoms with van der Waals surface area (Å²) in [6.07, 6.45) is -0.0393. The van der Waals surface area contributed by atoms with Crippen LogP contribution in [0.3, 0.4) is 0 Å². The van der Waals surface area contributed by atoms with Gasteiger partial charge < -0.3 is 19.1 Å². The van der Waals surface area contributed by atoms with Crippen LogP contribution in [0.1, 0.15) is 25.1 Å². The summed E-state index contributed by atoms with van der Waals surface area (Å²) in [5, 5.41) is 5.52. The zero-order chi connectivity index (χ0) is 26.9. The minimum atomic E-state index is -3.77. The number of fused-ring (bicyclic) bond motifs is 2. The molecule has 0 bridgehead atoms. The number of likely N-dealkylation sites (N-methyl/N-ethyl adjacent to an activating group) is 1. The van der Waals surface area contributed by atoms with Gasteiger partial charge in [-0.05, 0) is 49.7 Å². The molecule has 0 saturated carbocycles. The largest absolute Gasteiger partial charge is 0.586 e. The van der Waals surface area contributed by atoms with E-state index < -0.39 is 17.8 Å². The molecule has 1 aliphatic heterocycles. The maximum atomic E-state index is 13.5. The van der Waals surface area contributed by atoms with Crippen LogP contribution in [-0.2, 0) is 17.8 Å². The average molecular weight is 523 g/mol. The van der Waals surface area contributed by atoms with E-state index in [4.69, 9.17) is 4.74 Å². The first kappa shape index (κ1) is 25.1. The molecule has 2 aromatic carbocycles. The van der Waals surface area contributed by atoms with Crippen molar-refractivity contribution in [1.29, 1.82) is 0 Å². The summed E-state index contributed by atoms with van der Waals surface area (Å²) in [6, 6.07) is 13.0. The fourth-order valence-corrected chi connectivity index (χ4v) is 4.41. The van der Waals surface area contributed by atoms with Gasteiger partial charge in [0.25, 0.3) is 5.56 Å². The lowest BCUT2D eigenvalue weighted by molar-refractivity contribution is -0.286. The summed E-state index contributed by atoms with van der Waals surface area (Å²) < 4.78 is 42.8. The molecule has 3 heterocycles. The first-order valence-electron chi connectivity index (χ1n) is 12.0. The van der Waals surface area contributed by atoms with Gasteiger partial charge in [-0.1, -0.05) is 12.1 Å². The van der Waals surface area contributed by atoms with Gasteiger partial charge in [-0.25, -0.2) is 4.68 Å². The number of aromatic nitrogens is 3. The number of carbonyl (C=O) groups is 1. The van der Waals surface area contributed by atoms with Crippen LogP contribution in [0.4, 0.5) is 14.5 Å². The Bertz CT molecular complexity index is 1560. The average Bonchev–Trinajstić information content (AvgIpc) is 3.21. The van der Waals surface area contributed by atoms with Crippen molar-refractivity contribution >= 4 is 22.4 Å². The van der Waals surface area contributed by atoms with Crippen molar-refractivity contribution in [1.82, 2.24) is 14.8 Å². The molecule has 0 spiro atoms. The molecule has 1 aliphatic rings. The van der Waals surface area contributed by atoms with Gasteiger partial charge in [-0.2, -0.15) is 5.10 Å². The van der Waals surface area contributed by atoms with E-state index in [2.05, 4.69) is 19.6 Å². The molecule has 196 valence electrons. The van der Waals surface area contributed by atoms with Crippen molar-refractivity contribution in [2.24, 2.45) is 0 Å². The predicted octanol–water partition coefficient (Wildman–Crippen LogP) is 4.16. The number of anilines is 1. The Morgan fingerprint density at radius 2 is 1.92 bits per heavy atom. The van der Waals surface area contributed by atoms with Crippen LogP contribution in [0.2, 0.25) is 0 Å². The highest BCUT2D eigenvalue weighted by molar-refractivity contribution is 5.94. The van der Waals surface area contributed by atoms with Crippen molar-refractivity contribution in [2.45, 2.75) is 33.1 Å². The molecule has 0 fully saturated rings. The molecule has 5 rings (SSSR count). The smallest absolute Gasteiger partial charge is 0.493 e. The third kappa shape index (κ3) is 4.86. The number of halogens is 2. The zero-order valence-corrected chi connectivity index (χ0v) is 20.7. The van der Waals surface area contributed by atoms with E-state index in [-0.39, 0.29) is 24.6 Å². The first-order valence-corrected chi connectivity index (χ1v) is 12.0. The first-order chi connectivity index (χ1) is 18.3. The number of ether oxygens (including phenoxy) is 3. The minimum Gasteiger partial charge on any atom is -0.493 e. The second-order valence-corrected chi connectivity index (χ2v) is 8.50. The predicted molar refractivity (Wildman–Crippen MR) is 135 cm³/mol. The number of benzene rings is 2. The van der Waals surface area contributed by atoms with Crippen LogP contribution in [0.5, 0.6) is 17.2 Å². The molecule has 38 heavy (non-hydrogen) atoms. The molecule has 1 amide bonds. The Hall–Kier alpha value is -4.54. The van der Waals surface area contributed by atoms with Crippen LogP contribution in [0, 0.1) is 0 Å². The molecule has 0 saturated heterocycles. The molecule has 0 N–H and O–H groups in total. The number of pyridine rings is 1. The quantitative estimate of drug-likeness (QED) is 0.343. The number of hydrogen-bond acceptors (Lipinski definition) is 7. The van der Waals surface area contributed by atoms with E-state index in [9.17, 15) is 18.4 Å². The van der Waals surface area contributed by atoms with E-state index in [1.165, 1.54) is 23.1 Å². The molecular weight excluding hydrogens is 498 g/mol. The van der Waals surface area contributed by atoms with Crippen LogP contribution >= 0.6 is 0 Å². The monoisotopic (exact) mass is 522 g/mol. The van der Waals surface area contributed by atoms with Crippen molar-refractivity contribution in [2.75, 3.05) is 18.1 Å². The molecule has 0 aliphatic carbocycles. The van der Waals surface area contributed by atoms with Crippen molar-refractivity contribution in [3.8, 4) is 17.2 Å². The van der Waals surface area contributed by atoms with Crippen LogP contribution < -0.4 is 24.7 Å². The van der Waals surface area contributed by atoms with Gasteiger partial charge in [0, 0.05) is 37.1 Å². The summed E-state index contributed by atoms with van der Waals surface area (Å²) in [5.41, 5.74) is 1.29. The Balaban J connectivity index is 1.52. The maximum absolute atomic E-state index is 13.5. The number of amides is 1. The van der Waals surface area contributed by atoms with Crippen molar-refractivity contribution in [3.63, 3.8) is 0 Å². The molecule has 2 aromatic heterocycles. The number of hydrogen-bond donors (Lipinski definition) is 0. The third-order valence-electron chi connectivity index (χ3n) is 6.01. The van der Waals surface area contributed by atoms with Crippen LogP contribution in [0.25, 0.3) is 10.8 Å². The fraction of sp³-hybridized carbons (Fsp3) is 0.259. The van der Waals surface area contributed by atoms with Gasteiger partial charge in [0.05, 0.1) is 23.1 Å². The highest BCUT2D eigenvalue weighted by Crippen LogP contribution is 2.42. The molecule has 0 radical (unpaired) electrons. The van der Waals surface area contributed by atoms with Crippen LogP contribution in [-0.4, -0.2) is 40.1 Å². The zero-order valence-electron chi connectivity index (χ0n) is 20.7. The topological polar surface area (TPSA) is 95.8 Å². The van der Waals surface area contributed by atoms with Gasteiger partial charge in [0.15, 0.2) is 11.5 Å². The van der Waals surface area contributed by atoms with Gasteiger partial charge in [-0.3, -0.25) is 14.6 Å². The summed E-state index contributed by atoms with van der Waals surface area (Å²) in [4.78, 5) is 32.3. The van der Waals surface area contributed by atoms with E-state index in [0.29, 0.717) is 40.9 Å². The summed E-state index contributed by atoms with van der Waals surface area (Å²) in [5.74, 6) is -0.235. The van der Waals surface area contributed by atoms with Crippen molar-refractivity contribution < 1.29 is 27.8 Å². The third-order valence-corrected chi connectivity index (χ3v) is 6.01. The van der Waals surface area contributed by atoms with Gasteiger partial charge in [0.1, 0.15) is 12.3 Å². The summed E-state index contributed by atoms with van der Waals surface area (Å²) >= 11 is 0. The minimum absolute atomic E-state index is 0.125. The Kier molecular flexibility index (Phi) is 6.66. The van der Waals surface area contributed by atoms with E-state index in [1.807, 2.05) is 13.0 Å². The van der Waals surface area contributed by atoms with Crippen molar-refractivity contribution in [3.05, 3.63) is 82.5 Å². The lowest BCUT2D eigenvalue weighted by Crippen LogP contribution is -2.37. The normalized spacial score (nSPS) is 13.5. The molecule has 9 nitrogen and oxygen atoms in total. The molecule has 4 aromatic rings. The number of nitrogens with zero attached hydrogens (tertiary/aromatic N) is 4. The van der Waals surface area contributed by atoms with Gasteiger partial charge >= 0.3 is 6.29 Å². The fourth-order valence-electron chi connectivity index (χ4n) is 4.41. The summed E-state index contributed by atoms with van der Waals surface area (Å²) in [7, 11) is 0. The standard InChI is InChI=1S/C27H24F2N4O5/c1-3-32(18-10-11-21-23(14-18)38-27(28,29)37-21)24(34)16-33-26(35)19-8-5-9-22(36-4-2)25(19)20(31-33)13-17-7-6-12-30-15-17/h5-12,14-15H,3-4,13,16H2,1-2H3. The molecule has 0 unspecified atom stereocenters. The number of alkyl halides is 2. The SMILES string of the molecule is CCOc1cccc2c(=O)n(CC(=O)N(CC)c3ccc4c(c3)OC(F)(F)O4)nc(Cc3cccnc3)c12. The number of carbonyl (C=O) groups excluding carboxylic acids is 1. The van der Waals surface area contributed by atoms with E-state index in [1.54, 1.807) is 43.6 Å². The summed E-state index contributed by atoms with van der Waals surface area (Å²) in [6.45, 7) is 3.83. The highest BCUT2D eigenvalue weighted by Gasteiger charge is 2.43. The highest BCUT2D eigenvalue weighted by atomic mass is 19.3. The second-order valence-electron chi connectivity index (χ2n) is 8.50. The Morgan fingerprint density at radius 3 is 2.66 bits per heavy atom. The Labute approximate surface area is 216 Å². The van der Waals surface area contributed by atoms with Crippen LogP contribution in [0.15, 0.2) is 65.7 Å². The number of rotatable bonds is 8. The molecule has 11 heteroatoms. The van der Waals surface area contributed by atoms with Gasteiger partial charge in [-0.15, -0.1) is 8.78 Å². The molecular formula is C27H24F2N4O5. The lowest BCUT2D eigenvalue weighted by Gasteiger charge is -2.22. The molecule has 0 atom stereocenters. The lowest BCUT2D eigenvalue weighted by atomic mass is 10.0. The Morgan fingerprint density at radius 1 is 1.11 bits per heavy atom.